The van der Waals surface area contributed by atoms with Crippen molar-refractivity contribution in [3.05, 3.63) is 12.4 Å². The van der Waals surface area contributed by atoms with Gasteiger partial charge in [-0.05, 0) is 37.8 Å². The summed E-state index contributed by atoms with van der Waals surface area (Å²) in [6.07, 6.45) is 6.11. The lowest BCUT2D eigenvalue weighted by Crippen LogP contribution is -2.34. The van der Waals surface area contributed by atoms with Crippen LogP contribution in [-0.4, -0.2) is 41.7 Å². The van der Waals surface area contributed by atoms with Crippen LogP contribution >= 0.6 is 0 Å². The van der Waals surface area contributed by atoms with Crippen molar-refractivity contribution in [1.82, 2.24) is 20.4 Å². The van der Waals surface area contributed by atoms with Crippen molar-refractivity contribution in [3.8, 4) is 0 Å². The molecular weight excluding hydrogens is 282 g/mol. The summed E-state index contributed by atoms with van der Waals surface area (Å²) in [6, 6.07) is 0. The first kappa shape index (κ1) is 16.5. The molecule has 0 saturated carbocycles. The third-order valence-corrected chi connectivity index (χ3v) is 4.15. The van der Waals surface area contributed by atoms with Crippen LogP contribution < -0.4 is 16.0 Å². The Hall–Kier alpha value is -1.89. The molecule has 1 saturated heterocycles. The van der Waals surface area contributed by atoms with Gasteiger partial charge in [0.25, 0.3) is 0 Å². The molecule has 7 heteroatoms. The number of nitrogens with one attached hydrogen (secondary N) is 3. The van der Waals surface area contributed by atoms with Gasteiger partial charge in [0, 0.05) is 19.7 Å². The maximum atomic E-state index is 12.1. The van der Waals surface area contributed by atoms with E-state index in [0.717, 1.165) is 13.1 Å². The standard InChI is InChI=1S/C15H25N5O2/c1-11(12-4-3-5-17-7-12)6-14(21)19-13-8-18-20(9-13)10-15(22)16-2/h8-9,11-12,17H,3-7,10H2,1-2H3,(H,16,22)(H,19,21). The largest absolute Gasteiger partial charge is 0.358 e. The van der Waals surface area contributed by atoms with E-state index in [1.54, 1.807) is 19.4 Å². The molecule has 122 valence electrons. The summed E-state index contributed by atoms with van der Waals surface area (Å²) < 4.78 is 1.50. The summed E-state index contributed by atoms with van der Waals surface area (Å²) in [4.78, 5) is 23.4. The molecule has 3 N–H and O–H groups in total. The van der Waals surface area contributed by atoms with E-state index in [9.17, 15) is 9.59 Å². The highest BCUT2D eigenvalue weighted by molar-refractivity contribution is 5.90. The average molecular weight is 307 g/mol. The van der Waals surface area contributed by atoms with Crippen LogP contribution in [0.2, 0.25) is 0 Å². The molecule has 0 aliphatic carbocycles. The first-order valence-electron chi connectivity index (χ1n) is 7.82. The highest BCUT2D eigenvalue weighted by Gasteiger charge is 2.22. The normalized spacial score (nSPS) is 19.5. The van der Waals surface area contributed by atoms with Gasteiger partial charge in [-0.1, -0.05) is 6.92 Å². The third kappa shape index (κ3) is 4.84. The predicted molar refractivity (Wildman–Crippen MR) is 84.3 cm³/mol. The Morgan fingerprint density at radius 2 is 2.32 bits per heavy atom. The maximum absolute atomic E-state index is 12.1. The molecule has 2 amide bonds. The summed E-state index contributed by atoms with van der Waals surface area (Å²) in [5, 5.41) is 12.8. The van der Waals surface area contributed by atoms with Gasteiger partial charge >= 0.3 is 0 Å². The van der Waals surface area contributed by atoms with Crippen molar-refractivity contribution in [2.24, 2.45) is 11.8 Å². The number of likely N-dealkylation sites (N-methyl/N-ethyl adjacent to an activating group) is 1. The Bertz CT molecular complexity index is 508. The minimum atomic E-state index is -0.126. The topological polar surface area (TPSA) is 88.0 Å². The van der Waals surface area contributed by atoms with Crippen molar-refractivity contribution in [3.63, 3.8) is 0 Å². The van der Waals surface area contributed by atoms with Crippen molar-refractivity contribution in [2.45, 2.75) is 32.7 Å². The van der Waals surface area contributed by atoms with Crippen LogP contribution in [0.15, 0.2) is 12.4 Å². The van der Waals surface area contributed by atoms with E-state index in [0.29, 0.717) is 23.9 Å². The molecular formula is C15H25N5O2. The fourth-order valence-electron chi connectivity index (χ4n) is 2.78. The van der Waals surface area contributed by atoms with Crippen LogP contribution in [0, 0.1) is 11.8 Å². The zero-order valence-corrected chi connectivity index (χ0v) is 13.3. The lowest BCUT2D eigenvalue weighted by molar-refractivity contribution is -0.121. The molecule has 1 fully saturated rings. The van der Waals surface area contributed by atoms with E-state index in [4.69, 9.17) is 0 Å². The molecule has 1 aromatic heterocycles. The number of aromatic nitrogens is 2. The highest BCUT2D eigenvalue weighted by Crippen LogP contribution is 2.22. The summed E-state index contributed by atoms with van der Waals surface area (Å²) in [7, 11) is 1.58. The lowest BCUT2D eigenvalue weighted by atomic mass is 9.85. The zero-order valence-electron chi connectivity index (χ0n) is 13.3. The summed E-state index contributed by atoms with van der Waals surface area (Å²) in [5.41, 5.74) is 0.628. The molecule has 1 aliphatic heterocycles. The monoisotopic (exact) mass is 307 g/mol. The second-order valence-corrected chi connectivity index (χ2v) is 5.94. The maximum Gasteiger partial charge on any atom is 0.241 e. The number of hydrogen-bond acceptors (Lipinski definition) is 4. The molecule has 2 atom stereocenters. The number of rotatable bonds is 6. The van der Waals surface area contributed by atoms with Gasteiger partial charge in [0.2, 0.25) is 11.8 Å². The lowest BCUT2D eigenvalue weighted by Gasteiger charge is -2.27. The number of anilines is 1. The van der Waals surface area contributed by atoms with Crippen LogP contribution in [-0.2, 0) is 16.1 Å². The summed E-state index contributed by atoms with van der Waals surface area (Å²) >= 11 is 0. The average Bonchev–Trinajstić information content (AvgIpc) is 2.94. The van der Waals surface area contributed by atoms with E-state index in [1.807, 2.05) is 0 Å². The Kier molecular flexibility index (Phi) is 5.94. The first-order valence-corrected chi connectivity index (χ1v) is 7.82. The highest BCUT2D eigenvalue weighted by atomic mass is 16.2. The number of amides is 2. The van der Waals surface area contributed by atoms with Gasteiger partial charge in [0.15, 0.2) is 0 Å². The Morgan fingerprint density at radius 3 is 3.00 bits per heavy atom. The molecule has 0 radical (unpaired) electrons. The van der Waals surface area contributed by atoms with Gasteiger partial charge in [0.1, 0.15) is 6.54 Å². The predicted octanol–water partition coefficient (Wildman–Crippen LogP) is 0.593. The third-order valence-electron chi connectivity index (χ3n) is 4.15. The minimum Gasteiger partial charge on any atom is -0.358 e. The van der Waals surface area contributed by atoms with Gasteiger partial charge in [-0.3, -0.25) is 14.3 Å². The molecule has 0 aromatic carbocycles. The van der Waals surface area contributed by atoms with Gasteiger partial charge in [-0.15, -0.1) is 0 Å². The molecule has 2 rings (SSSR count). The van der Waals surface area contributed by atoms with Crippen molar-refractivity contribution >= 4 is 17.5 Å². The number of piperidine rings is 1. The molecule has 0 spiro atoms. The van der Waals surface area contributed by atoms with Gasteiger partial charge in [0.05, 0.1) is 11.9 Å². The SMILES string of the molecule is CNC(=O)Cn1cc(NC(=O)CC(C)C2CCCNC2)cn1. The van der Waals surface area contributed by atoms with E-state index in [-0.39, 0.29) is 18.4 Å². The van der Waals surface area contributed by atoms with Crippen LogP contribution in [0.1, 0.15) is 26.2 Å². The van der Waals surface area contributed by atoms with Gasteiger partial charge < -0.3 is 16.0 Å². The Balaban J connectivity index is 1.80. The summed E-state index contributed by atoms with van der Waals surface area (Å²) in [5.74, 6) is 0.793. The van der Waals surface area contributed by atoms with E-state index < -0.39 is 0 Å². The molecule has 1 aromatic rings. The molecule has 22 heavy (non-hydrogen) atoms. The molecule has 1 aliphatic rings. The van der Waals surface area contributed by atoms with Gasteiger partial charge in [-0.25, -0.2) is 0 Å². The molecule has 2 unspecified atom stereocenters. The van der Waals surface area contributed by atoms with Crippen molar-refractivity contribution in [2.75, 3.05) is 25.5 Å². The van der Waals surface area contributed by atoms with E-state index in [1.165, 1.54) is 17.5 Å². The van der Waals surface area contributed by atoms with E-state index >= 15 is 0 Å². The van der Waals surface area contributed by atoms with Crippen LogP contribution in [0.3, 0.4) is 0 Å². The zero-order chi connectivity index (χ0) is 15.9. The number of carbonyl (C=O) groups is 2. The number of nitrogens with zero attached hydrogens (tertiary/aromatic N) is 2. The number of hydrogen-bond donors (Lipinski definition) is 3. The Morgan fingerprint density at radius 1 is 1.50 bits per heavy atom. The second-order valence-electron chi connectivity index (χ2n) is 5.94. The minimum absolute atomic E-state index is 0.00225. The fraction of sp³-hybridized carbons (Fsp3) is 0.667. The van der Waals surface area contributed by atoms with Crippen molar-refractivity contribution < 1.29 is 9.59 Å². The molecule has 7 nitrogen and oxygen atoms in total. The first-order chi connectivity index (χ1) is 10.6. The molecule has 0 bridgehead atoms. The van der Waals surface area contributed by atoms with Crippen LogP contribution in [0.5, 0.6) is 0 Å². The number of carbonyl (C=O) groups excluding carboxylic acids is 2. The summed E-state index contributed by atoms with van der Waals surface area (Å²) in [6.45, 7) is 4.36. The Labute approximate surface area is 130 Å². The van der Waals surface area contributed by atoms with E-state index in [2.05, 4.69) is 28.0 Å². The second kappa shape index (κ2) is 7.93. The van der Waals surface area contributed by atoms with Crippen LogP contribution in [0.4, 0.5) is 5.69 Å². The smallest absolute Gasteiger partial charge is 0.241 e. The molecule has 2 heterocycles. The van der Waals surface area contributed by atoms with Crippen molar-refractivity contribution in [1.29, 1.82) is 0 Å². The van der Waals surface area contributed by atoms with Gasteiger partial charge in [-0.2, -0.15) is 5.10 Å². The van der Waals surface area contributed by atoms with Crippen LogP contribution in [0.25, 0.3) is 0 Å². The fourth-order valence-corrected chi connectivity index (χ4v) is 2.78. The quantitative estimate of drug-likeness (QED) is 0.718.